The van der Waals surface area contributed by atoms with E-state index in [4.69, 9.17) is 0 Å². The largest absolute Gasteiger partial charge is 0.351 e. The summed E-state index contributed by atoms with van der Waals surface area (Å²) in [6.07, 6.45) is 3.76. The number of anilines is 1. The Balaban J connectivity index is 1.79. The summed E-state index contributed by atoms with van der Waals surface area (Å²) in [7, 11) is 2.04. The fraction of sp³-hybridized carbons (Fsp3) is 0.217. The Labute approximate surface area is 168 Å². The lowest BCUT2D eigenvalue weighted by Gasteiger charge is -2.34. The molecule has 1 unspecified atom stereocenters. The van der Waals surface area contributed by atoms with Crippen molar-refractivity contribution in [3.05, 3.63) is 83.5 Å². The second-order valence-electron chi connectivity index (χ2n) is 7.60. The summed E-state index contributed by atoms with van der Waals surface area (Å²) in [6.45, 7) is 4.01. The number of benzene rings is 2. The summed E-state index contributed by atoms with van der Waals surface area (Å²) in [5.74, 6) is -0.122. The van der Waals surface area contributed by atoms with Crippen LogP contribution >= 0.6 is 11.3 Å². The molecule has 4 nitrogen and oxygen atoms in total. The van der Waals surface area contributed by atoms with Gasteiger partial charge in [-0.15, -0.1) is 11.3 Å². The summed E-state index contributed by atoms with van der Waals surface area (Å²) < 4.78 is 2.11. The first-order valence-electron chi connectivity index (χ1n) is 9.27. The Kier molecular flexibility index (Phi) is 4.77. The Morgan fingerprint density at radius 3 is 2.61 bits per heavy atom. The third-order valence-electron chi connectivity index (χ3n) is 5.34. The van der Waals surface area contributed by atoms with Gasteiger partial charge in [-0.3, -0.25) is 4.79 Å². The molecule has 2 aromatic heterocycles. The zero-order chi connectivity index (χ0) is 19.7. The summed E-state index contributed by atoms with van der Waals surface area (Å²) in [6, 6.07) is 18.8. The van der Waals surface area contributed by atoms with Crippen LogP contribution < -0.4 is 5.32 Å². The van der Waals surface area contributed by atoms with Gasteiger partial charge in [0.25, 0.3) is 0 Å². The molecule has 0 saturated heterocycles. The average molecular weight is 390 g/mol. The molecular weight excluding hydrogens is 366 g/mol. The number of nitrogens with zero attached hydrogens (tertiary/aromatic N) is 2. The van der Waals surface area contributed by atoms with E-state index in [1.165, 1.54) is 22.2 Å². The Hall–Kier alpha value is -2.92. The molecular formula is C23H23N3OS. The maximum absolute atomic E-state index is 13.2. The second kappa shape index (κ2) is 7.24. The summed E-state index contributed by atoms with van der Waals surface area (Å²) in [5.41, 5.74) is 2.76. The first-order chi connectivity index (χ1) is 13.5. The summed E-state index contributed by atoms with van der Waals surface area (Å²) in [5, 5.41) is 6.66. The number of rotatable bonds is 5. The van der Waals surface area contributed by atoms with Crippen LogP contribution in [-0.2, 0) is 11.8 Å². The minimum atomic E-state index is -0.671. The number of hydrogen-bond donors (Lipinski definition) is 1. The van der Waals surface area contributed by atoms with Crippen LogP contribution in [0.4, 0.5) is 5.13 Å². The smallest absolute Gasteiger partial charge is 0.232 e. The number of carbonyl (C=O) groups is 1. The summed E-state index contributed by atoms with van der Waals surface area (Å²) >= 11 is 1.43. The maximum Gasteiger partial charge on any atom is 0.232 e. The number of hydrogen-bond acceptors (Lipinski definition) is 3. The van der Waals surface area contributed by atoms with Gasteiger partial charge in [0.15, 0.2) is 5.13 Å². The quantitative estimate of drug-likeness (QED) is 0.495. The highest BCUT2D eigenvalue weighted by atomic mass is 32.1. The molecule has 0 aliphatic heterocycles. The van der Waals surface area contributed by atoms with Gasteiger partial charge in [-0.25, -0.2) is 4.98 Å². The van der Waals surface area contributed by atoms with E-state index in [1.807, 2.05) is 44.5 Å². The van der Waals surface area contributed by atoms with E-state index >= 15 is 0 Å². The first kappa shape index (κ1) is 18.4. The van der Waals surface area contributed by atoms with Crippen LogP contribution in [0, 0.1) is 5.41 Å². The molecule has 0 saturated carbocycles. The van der Waals surface area contributed by atoms with Gasteiger partial charge in [-0.05, 0) is 34.7 Å². The number of aromatic nitrogens is 2. The maximum atomic E-state index is 13.2. The van der Waals surface area contributed by atoms with Gasteiger partial charge < -0.3 is 9.88 Å². The number of thiazole rings is 1. The fourth-order valence-electron chi connectivity index (χ4n) is 3.83. The van der Waals surface area contributed by atoms with Crippen LogP contribution in [0.1, 0.15) is 30.9 Å². The van der Waals surface area contributed by atoms with Gasteiger partial charge in [0, 0.05) is 36.3 Å². The van der Waals surface area contributed by atoms with Gasteiger partial charge in [-0.1, -0.05) is 50.2 Å². The SMILES string of the molecule is Cn1ccc2cc(C(c3ccccc3)C(C)(C)C(=O)Nc3nccs3)ccc21. The standard InChI is InChI=1S/C23H23N3OS/c1-23(2,21(27)25-22-24-12-14-28-22)20(16-7-5-4-6-8-16)18-9-10-19-17(15-18)11-13-26(19)3/h4-15,20H,1-3H3,(H,24,25,27). The van der Waals surface area contributed by atoms with Crippen molar-refractivity contribution < 1.29 is 4.79 Å². The molecule has 5 heteroatoms. The molecule has 0 aliphatic rings. The van der Waals surface area contributed by atoms with E-state index in [1.54, 1.807) is 6.20 Å². The van der Waals surface area contributed by atoms with E-state index < -0.39 is 5.41 Å². The minimum absolute atomic E-state index is 0.0375. The van der Waals surface area contributed by atoms with Gasteiger partial charge in [0.2, 0.25) is 5.91 Å². The van der Waals surface area contributed by atoms with Crippen molar-refractivity contribution in [1.29, 1.82) is 0 Å². The van der Waals surface area contributed by atoms with Crippen molar-refractivity contribution in [3.63, 3.8) is 0 Å². The van der Waals surface area contributed by atoms with E-state index in [-0.39, 0.29) is 11.8 Å². The normalized spacial score (nSPS) is 12.8. The molecule has 28 heavy (non-hydrogen) atoms. The Bertz CT molecular complexity index is 1100. The number of amides is 1. The molecule has 4 aromatic rings. The molecule has 0 aliphatic carbocycles. The van der Waals surface area contributed by atoms with E-state index in [2.05, 4.69) is 57.5 Å². The van der Waals surface area contributed by atoms with Crippen LogP contribution in [-0.4, -0.2) is 15.5 Å². The number of fused-ring (bicyclic) bond motifs is 1. The Morgan fingerprint density at radius 2 is 1.89 bits per heavy atom. The van der Waals surface area contributed by atoms with E-state index in [0.717, 1.165) is 11.1 Å². The lowest BCUT2D eigenvalue weighted by atomic mass is 9.70. The van der Waals surface area contributed by atoms with Crippen LogP contribution in [0.15, 0.2) is 72.4 Å². The molecule has 142 valence electrons. The lowest BCUT2D eigenvalue weighted by Crippen LogP contribution is -2.37. The minimum Gasteiger partial charge on any atom is -0.351 e. The van der Waals surface area contributed by atoms with Crippen LogP contribution in [0.5, 0.6) is 0 Å². The molecule has 0 bridgehead atoms. The zero-order valence-corrected chi connectivity index (χ0v) is 17.0. The predicted molar refractivity (Wildman–Crippen MR) is 116 cm³/mol. The molecule has 0 fully saturated rings. The number of carbonyl (C=O) groups excluding carboxylic acids is 1. The Morgan fingerprint density at radius 1 is 1.11 bits per heavy atom. The highest BCUT2D eigenvalue weighted by Gasteiger charge is 2.39. The highest BCUT2D eigenvalue weighted by Crippen LogP contribution is 2.42. The average Bonchev–Trinajstić information content (AvgIpc) is 3.32. The van der Waals surface area contributed by atoms with Gasteiger partial charge in [0.05, 0.1) is 5.41 Å². The second-order valence-corrected chi connectivity index (χ2v) is 8.50. The monoisotopic (exact) mass is 389 g/mol. The van der Waals surface area contributed by atoms with Crippen molar-refractivity contribution in [1.82, 2.24) is 9.55 Å². The van der Waals surface area contributed by atoms with E-state index in [0.29, 0.717) is 5.13 Å². The first-order valence-corrected chi connectivity index (χ1v) is 10.2. The third-order valence-corrected chi connectivity index (χ3v) is 6.02. The molecule has 1 N–H and O–H groups in total. The zero-order valence-electron chi connectivity index (χ0n) is 16.2. The number of aryl methyl sites for hydroxylation is 1. The van der Waals surface area contributed by atoms with Gasteiger partial charge in [-0.2, -0.15) is 0 Å². The van der Waals surface area contributed by atoms with Crippen LogP contribution in [0.2, 0.25) is 0 Å². The van der Waals surface area contributed by atoms with Crippen molar-refractivity contribution in [2.45, 2.75) is 19.8 Å². The molecule has 0 radical (unpaired) electrons. The van der Waals surface area contributed by atoms with Gasteiger partial charge >= 0.3 is 0 Å². The van der Waals surface area contributed by atoms with Crippen molar-refractivity contribution >= 4 is 33.3 Å². The van der Waals surface area contributed by atoms with Crippen LogP contribution in [0.25, 0.3) is 10.9 Å². The van der Waals surface area contributed by atoms with Gasteiger partial charge in [0.1, 0.15) is 0 Å². The number of nitrogens with one attached hydrogen (secondary N) is 1. The van der Waals surface area contributed by atoms with Crippen molar-refractivity contribution in [3.8, 4) is 0 Å². The molecule has 0 spiro atoms. The highest BCUT2D eigenvalue weighted by molar-refractivity contribution is 7.13. The molecule has 1 amide bonds. The summed E-state index contributed by atoms with van der Waals surface area (Å²) in [4.78, 5) is 17.4. The van der Waals surface area contributed by atoms with Crippen molar-refractivity contribution in [2.24, 2.45) is 12.5 Å². The molecule has 4 rings (SSSR count). The third kappa shape index (κ3) is 3.34. The topological polar surface area (TPSA) is 46.9 Å². The fourth-order valence-corrected chi connectivity index (χ4v) is 4.35. The van der Waals surface area contributed by atoms with E-state index in [9.17, 15) is 4.79 Å². The molecule has 2 aromatic carbocycles. The predicted octanol–water partition coefficient (Wildman–Crippen LogP) is 5.43. The molecule has 1 atom stereocenters. The van der Waals surface area contributed by atoms with Crippen molar-refractivity contribution in [2.75, 3.05) is 5.32 Å². The lowest BCUT2D eigenvalue weighted by molar-refractivity contribution is -0.124. The molecule has 2 heterocycles. The van der Waals surface area contributed by atoms with Crippen LogP contribution in [0.3, 0.4) is 0 Å².